The van der Waals surface area contributed by atoms with Gasteiger partial charge in [0, 0.05) is 10.5 Å². The summed E-state index contributed by atoms with van der Waals surface area (Å²) in [6.45, 7) is 7.85. The molecule has 0 fully saturated rings. The second-order valence-electron chi connectivity index (χ2n) is 5.77. The lowest BCUT2D eigenvalue weighted by Gasteiger charge is -2.18. The molecule has 0 saturated heterocycles. The van der Waals surface area contributed by atoms with E-state index in [1.165, 1.54) is 13.0 Å². The molecule has 1 aromatic rings. The van der Waals surface area contributed by atoms with Crippen LogP contribution in [-0.2, 0) is 0 Å². The monoisotopic (exact) mass is 343 g/mol. The average molecular weight is 344 g/mol. The maximum absolute atomic E-state index is 11.6. The number of hydrogen-bond donors (Lipinski definition) is 0. The van der Waals surface area contributed by atoms with Gasteiger partial charge < -0.3 is 4.74 Å². The summed E-state index contributed by atoms with van der Waals surface area (Å²) < 4.78 is 6.02. The van der Waals surface area contributed by atoms with Gasteiger partial charge in [-0.25, -0.2) is 0 Å². The van der Waals surface area contributed by atoms with Gasteiger partial charge in [-0.1, -0.05) is 36.7 Å². The predicted molar refractivity (Wildman–Crippen MR) is 80.4 cm³/mol. The minimum absolute atomic E-state index is 0.0509. The number of benzene rings is 1. The number of ether oxygens (including phenoxy) is 1. The number of Topliss-reactive ketones (excluding diaryl/α,β-unsaturated/α-hetero) is 1. The summed E-state index contributed by atoms with van der Waals surface area (Å²) in [6.07, 6.45) is 0.734. The lowest BCUT2D eigenvalue weighted by atomic mass is 9.93. The fraction of sp³-hybridized carbons (Fsp3) is 0.500. The first kappa shape index (κ1) is 16.6. The summed E-state index contributed by atoms with van der Waals surface area (Å²) in [5, 5.41) is 11.1. The van der Waals surface area contributed by atoms with Crippen molar-refractivity contribution in [3.05, 3.63) is 32.3 Å². The van der Waals surface area contributed by atoms with E-state index in [9.17, 15) is 14.9 Å². The summed E-state index contributed by atoms with van der Waals surface area (Å²) in [7, 11) is 0. The SMILES string of the molecule is CC(=O)c1cc(Br)cc([N+](=O)[O-])c1OCCC(C)(C)C. The van der Waals surface area contributed by atoms with Crippen LogP contribution in [0.1, 0.15) is 44.5 Å². The first-order chi connectivity index (χ1) is 9.11. The topological polar surface area (TPSA) is 69.4 Å². The Morgan fingerprint density at radius 2 is 2.00 bits per heavy atom. The van der Waals surface area contributed by atoms with Crippen molar-refractivity contribution in [3.8, 4) is 5.75 Å². The predicted octanol–water partition coefficient (Wildman–Crippen LogP) is 4.37. The Labute approximate surface area is 126 Å². The number of carbonyl (C=O) groups excluding carboxylic acids is 1. The third kappa shape index (κ3) is 4.59. The highest BCUT2D eigenvalue weighted by atomic mass is 79.9. The first-order valence-corrected chi connectivity index (χ1v) is 7.03. The Bertz CT molecular complexity index is 499. The number of ketones is 1. The van der Waals surface area contributed by atoms with Crippen LogP contribution in [0.15, 0.2) is 16.6 Å². The second kappa shape index (κ2) is 6.35. The van der Waals surface area contributed by atoms with Crippen LogP contribution in [0.3, 0.4) is 0 Å². The van der Waals surface area contributed by atoms with Gasteiger partial charge in [-0.05, 0) is 24.8 Å². The summed E-state index contributed by atoms with van der Waals surface area (Å²) >= 11 is 3.17. The van der Waals surface area contributed by atoms with Crippen molar-refractivity contribution < 1.29 is 14.5 Å². The van der Waals surface area contributed by atoms with Crippen LogP contribution < -0.4 is 4.74 Å². The van der Waals surface area contributed by atoms with Crippen LogP contribution in [0.25, 0.3) is 0 Å². The van der Waals surface area contributed by atoms with E-state index in [4.69, 9.17) is 4.74 Å². The number of nitrogens with zero attached hydrogens (tertiary/aromatic N) is 1. The van der Waals surface area contributed by atoms with Gasteiger partial charge in [0.25, 0.3) is 0 Å². The molecule has 1 rings (SSSR count). The molecule has 1 aromatic carbocycles. The van der Waals surface area contributed by atoms with Crippen LogP contribution in [0, 0.1) is 15.5 Å². The van der Waals surface area contributed by atoms with Crippen molar-refractivity contribution in [1.82, 2.24) is 0 Å². The Morgan fingerprint density at radius 1 is 1.40 bits per heavy atom. The van der Waals surface area contributed by atoms with Gasteiger partial charge in [0.15, 0.2) is 5.78 Å². The van der Waals surface area contributed by atoms with Gasteiger partial charge in [0.1, 0.15) is 0 Å². The largest absolute Gasteiger partial charge is 0.486 e. The zero-order chi connectivity index (χ0) is 15.5. The maximum atomic E-state index is 11.6. The van der Waals surface area contributed by atoms with Crippen molar-refractivity contribution in [2.24, 2.45) is 5.41 Å². The molecule has 0 aliphatic carbocycles. The highest BCUT2D eigenvalue weighted by Gasteiger charge is 2.23. The van der Waals surface area contributed by atoms with Gasteiger partial charge >= 0.3 is 5.69 Å². The van der Waals surface area contributed by atoms with Crippen molar-refractivity contribution in [1.29, 1.82) is 0 Å². The molecule has 0 radical (unpaired) electrons. The molecule has 5 nitrogen and oxygen atoms in total. The highest BCUT2D eigenvalue weighted by Crippen LogP contribution is 2.35. The molecule has 110 valence electrons. The number of hydrogen-bond acceptors (Lipinski definition) is 4. The van der Waals surface area contributed by atoms with E-state index in [-0.39, 0.29) is 28.2 Å². The van der Waals surface area contributed by atoms with Gasteiger partial charge in [-0.15, -0.1) is 0 Å². The zero-order valence-corrected chi connectivity index (χ0v) is 13.6. The van der Waals surface area contributed by atoms with E-state index >= 15 is 0 Å². The molecule has 0 saturated carbocycles. The molecule has 0 aliphatic rings. The fourth-order valence-electron chi connectivity index (χ4n) is 1.59. The molecule has 20 heavy (non-hydrogen) atoms. The molecule has 0 N–H and O–H groups in total. The molecule has 0 aliphatic heterocycles. The fourth-order valence-corrected chi connectivity index (χ4v) is 2.03. The third-order valence-corrected chi connectivity index (χ3v) is 3.17. The van der Waals surface area contributed by atoms with Gasteiger partial charge in [-0.2, -0.15) is 0 Å². The molecule has 0 unspecified atom stereocenters. The Hall–Kier alpha value is -1.43. The first-order valence-electron chi connectivity index (χ1n) is 6.23. The van der Waals surface area contributed by atoms with Crippen LogP contribution in [0.2, 0.25) is 0 Å². The average Bonchev–Trinajstić information content (AvgIpc) is 2.28. The van der Waals surface area contributed by atoms with E-state index in [0.717, 1.165) is 6.42 Å². The number of nitro benzene ring substituents is 1. The van der Waals surface area contributed by atoms with E-state index in [1.807, 2.05) is 0 Å². The van der Waals surface area contributed by atoms with E-state index < -0.39 is 4.92 Å². The Morgan fingerprint density at radius 3 is 2.45 bits per heavy atom. The second-order valence-corrected chi connectivity index (χ2v) is 6.69. The van der Waals surface area contributed by atoms with Crippen LogP contribution >= 0.6 is 15.9 Å². The highest BCUT2D eigenvalue weighted by molar-refractivity contribution is 9.10. The number of nitro groups is 1. The summed E-state index contributed by atoms with van der Waals surface area (Å²) in [5.41, 5.74) is 0.0824. The van der Waals surface area contributed by atoms with Gasteiger partial charge in [0.2, 0.25) is 5.75 Å². The van der Waals surface area contributed by atoms with E-state index in [0.29, 0.717) is 11.1 Å². The van der Waals surface area contributed by atoms with E-state index in [2.05, 4.69) is 36.7 Å². The van der Waals surface area contributed by atoms with Crippen molar-refractivity contribution in [3.63, 3.8) is 0 Å². The molecule has 0 atom stereocenters. The third-order valence-electron chi connectivity index (χ3n) is 2.71. The standard InChI is InChI=1S/C14H18BrNO4/c1-9(17)11-7-10(15)8-12(16(18)19)13(11)20-6-5-14(2,3)4/h7-8H,5-6H2,1-4H3. The minimum Gasteiger partial charge on any atom is -0.486 e. The zero-order valence-electron chi connectivity index (χ0n) is 12.0. The van der Waals surface area contributed by atoms with Crippen molar-refractivity contribution in [2.45, 2.75) is 34.1 Å². The minimum atomic E-state index is -0.538. The number of halogens is 1. The summed E-state index contributed by atoms with van der Waals surface area (Å²) in [5.74, 6) is -0.213. The normalized spacial score (nSPS) is 11.2. The summed E-state index contributed by atoms with van der Waals surface area (Å²) in [4.78, 5) is 22.2. The van der Waals surface area contributed by atoms with Gasteiger partial charge in [-0.3, -0.25) is 14.9 Å². The summed E-state index contributed by atoms with van der Waals surface area (Å²) in [6, 6.07) is 2.89. The number of carbonyl (C=O) groups is 1. The quantitative estimate of drug-likeness (QED) is 0.452. The molecule has 0 aromatic heterocycles. The molecule has 6 heteroatoms. The van der Waals surface area contributed by atoms with Gasteiger partial charge in [0.05, 0.1) is 17.1 Å². The lowest BCUT2D eigenvalue weighted by molar-refractivity contribution is -0.386. The smallest absolute Gasteiger partial charge is 0.312 e. The molecular weight excluding hydrogens is 326 g/mol. The van der Waals surface area contributed by atoms with Crippen molar-refractivity contribution >= 4 is 27.4 Å². The van der Waals surface area contributed by atoms with Crippen LogP contribution in [-0.4, -0.2) is 17.3 Å². The molecular formula is C14H18BrNO4. The lowest BCUT2D eigenvalue weighted by Crippen LogP contribution is -2.13. The molecule has 0 spiro atoms. The Kier molecular flexibility index (Phi) is 5.28. The molecule has 0 bridgehead atoms. The maximum Gasteiger partial charge on any atom is 0.312 e. The van der Waals surface area contributed by atoms with E-state index in [1.54, 1.807) is 6.07 Å². The number of rotatable bonds is 5. The molecule has 0 amide bonds. The van der Waals surface area contributed by atoms with Crippen molar-refractivity contribution in [2.75, 3.05) is 6.61 Å². The Balaban J connectivity index is 3.14. The van der Waals surface area contributed by atoms with Crippen LogP contribution in [0.4, 0.5) is 5.69 Å². The van der Waals surface area contributed by atoms with Crippen LogP contribution in [0.5, 0.6) is 5.75 Å². The molecule has 0 heterocycles.